The number of aromatic nitrogens is 1. The van der Waals surface area contributed by atoms with Crippen LogP contribution in [0.25, 0.3) is 11.1 Å². The van der Waals surface area contributed by atoms with Crippen LogP contribution in [-0.2, 0) is 15.9 Å². The lowest BCUT2D eigenvalue weighted by atomic mass is 9.81. The van der Waals surface area contributed by atoms with Crippen molar-refractivity contribution in [2.75, 3.05) is 27.0 Å². The van der Waals surface area contributed by atoms with E-state index in [9.17, 15) is 13.8 Å². The van der Waals surface area contributed by atoms with Gasteiger partial charge in [0, 0.05) is 31.6 Å². The minimum absolute atomic E-state index is 0.0724. The zero-order valence-corrected chi connectivity index (χ0v) is 23.5. The molecule has 0 amide bonds. The maximum absolute atomic E-state index is 14.9. The molecule has 1 N–H and O–H groups in total. The standard InChI is InChI=1S/C29H37FNO5P/c1-19(18-37(7,32)33)21-9-8-10-22(14-21)36-17-20-11-12-23(24-15-27(34-5)31-16-26(24)30)25(13-20)28(35-6)29(2,3)4/h8-16,19,28H,17-18H2,1-7H3,(H,32,33). The molecule has 200 valence electrons. The minimum atomic E-state index is -3.13. The number of methoxy groups -OCH3 is 2. The van der Waals surface area contributed by atoms with Gasteiger partial charge >= 0.3 is 0 Å². The summed E-state index contributed by atoms with van der Waals surface area (Å²) in [5, 5.41) is 0. The van der Waals surface area contributed by atoms with Crippen LogP contribution in [0.2, 0.25) is 0 Å². The Hall–Kier alpha value is -2.73. The van der Waals surface area contributed by atoms with E-state index in [1.54, 1.807) is 13.2 Å². The number of hydrogen-bond donors (Lipinski definition) is 1. The Morgan fingerprint density at radius 2 is 1.81 bits per heavy atom. The van der Waals surface area contributed by atoms with Crippen molar-refractivity contribution in [2.45, 2.75) is 46.3 Å². The summed E-state index contributed by atoms with van der Waals surface area (Å²) in [6, 6.07) is 15.0. The van der Waals surface area contributed by atoms with Gasteiger partial charge in [0.2, 0.25) is 5.88 Å². The third-order valence-corrected chi connectivity index (χ3v) is 7.42. The molecule has 2 aromatic carbocycles. The van der Waals surface area contributed by atoms with E-state index in [1.165, 1.54) is 13.8 Å². The molecule has 0 aliphatic heterocycles. The summed E-state index contributed by atoms with van der Waals surface area (Å²) >= 11 is 0. The zero-order valence-electron chi connectivity index (χ0n) is 22.6. The highest BCUT2D eigenvalue weighted by atomic mass is 31.2. The van der Waals surface area contributed by atoms with Crippen molar-refractivity contribution in [1.29, 1.82) is 0 Å². The zero-order chi connectivity index (χ0) is 27.4. The van der Waals surface area contributed by atoms with Gasteiger partial charge in [0.05, 0.1) is 19.4 Å². The third-order valence-electron chi connectivity index (χ3n) is 6.20. The lowest BCUT2D eigenvalue weighted by Crippen LogP contribution is -2.21. The fourth-order valence-corrected chi connectivity index (χ4v) is 5.77. The molecular weight excluding hydrogens is 492 g/mol. The highest BCUT2D eigenvalue weighted by Gasteiger charge is 2.29. The summed E-state index contributed by atoms with van der Waals surface area (Å²) < 4.78 is 44.0. The second-order valence-electron chi connectivity index (χ2n) is 10.6. The molecule has 3 rings (SSSR count). The minimum Gasteiger partial charge on any atom is -0.489 e. The normalized spacial score (nSPS) is 15.1. The predicted octanol–water partition coefficient (Wildman–Crippen LogP) is 7.21. The van der Waals surface area contributed by atoms with E-state index < -0.39 is 13.2 Å². The largest absolute Gasteiger partial charge is 0.489 e. The Labute approximate surface area is 219 Å². The molecule has 37 heavy (non-hydrogen) atoms. The Bertz CT molecular complexity index is 1270. The first-order valence-corrected chi connectivity index (χ1v) is 14.5. The van der Waals surface area contributed by atoms with Crippen molar-refractivity contribution in [3.8, 4) is 22.8 Å². The Balaban J connectivity index is 1.94. The van der Waals surface area contributed by atoms with Gasteiger partial charge in [-0.1, -0.05) is 52.0 Å². The quantitative estimate of drug-likeness (QED) is 0.280. The van der Waals surface area contributed by atoms with Crippen molar-refractivity contribution in [3.63, 3.8) is 0 Å². The number of rotatable bonds is 10. The van der Waals surface area contributed by atoms with Crippen LogP contribution in [0.3, 0.4) is 0 Å². The first kappa shape index (κ1) is 28.8. The molecule has 1 heterocycles. The molecular formula is C29H37FNO5P. The van der Waals surface area contributed by atoms with Gasteiger partial charge in [-0.3, -0.25) is 4.57 Å². The van der Waals surface area contributed by atoms with Gasteiger partial charge in [0.15, 0.2) is 7.37 Å². The molecule has 3 aromatic rings. The van der Waals surface area contributed by atoms with Crippen molar-refractivity contribution in [2.24, 2.45) is 5.41 Å². The summed E-state index contributed by atoms with van der Waals surface area (Å²) in [5.41, 5.74) is 3.52. The number of hydrogen-bond acceptors (Lipinski definition) is 5. The van der Waals surface area contributed by atoms with E-state index in [4.69, 9.17) is 14.2 Å². The van der Waals surface area contributed by atoms with Crippen molar-refractivity contribution in [1.82, 2.24) is 4.98 Å². The number of benzene rings is 2. The van der Waals surface area contributed by atoms with Gasteiger partial charge in [0.25, 0.3) is 0 Å². The Morgan fingerprint density at radius 1 is 1.08 bits per heavy atom. The second-order valence-corrected chi connectivity index (χ2v) is 13.1. The lowest BCUT2D eigenvalue weighted by Gasteiger charge is -2.32. The van der Waals surface area contributed by atoms with Crippen LogP contribution in [-0.4, -0.2) is 36.9 Å². The number of nitrogens with zero attached hydrogens (tertiary/aromatic N) is 1. The van der Waals surface area contributed by atoms with Crippen LogP contribution in [0.5, 0.6) is 11.6 Å². The maximum Gasteiger partial charge on any atom is 0.213 e. The summed E-state index contributed by atoms with van der Waals surface area (Å²) in [7, 11) is 0.0244. The topological polar surface area (TPSA) is 77.9 Å². The fourth-order valence-electron chi connectivity index (χ4n) is 4.54. The Morgan fingerprint density at radius 3 is 2.43 bits per heavy atom. The molecule has 0 bridgehead atoms. The maximum atomic E-state index is 14.9. The van der Waals surface area contributed by atoms with E-state index in [2.05, 4.69) is 25.8 Å². The molecule has 0 aliphatic rings. The molecule has 0 aliphatic carbocycles. The first-order valence-electron chi connectivity index (χ1n) is 12.2. The first-order chi connectivity index (χ1) is 17.3. The molecule has 8 heteroatoms. The van der Waals surface area contributed by atoms with Gasteiger partial charge in [-0.05, 0) is 51.8 Å². The molecule has 1 aromatic heterocycles. The van der Waals surface area contributed by atoms with Crippen LogP contribution in [0.4, 0.5) is 4.39 Å². The average Bonchev–Trinajstić information content (AvgIpc) is 2.82. The van der Waals surface area contributed by atoms with E-state index >= 15 is 0 Å². The van der Waals surface area contributed by atoms with Crippen molar-refractivity contribution in [3.05, 3.63) is 77.2 Å². The van der Waals surface area contributed by atoms with E-state index in [-0.39, 0.29) is 23.6 Å². The SMILES string of the molecule is COc1cc(-c2ccc(COc3cccc(C(C)CP(C)(=O)O)c3)cc2C(OC)C(C)(C)C)c(F)cn1. The van der Waals surface area contributed by atoms with E-state index in [0.717, 1.165) is 22.9 Å². The van der Waals surface area contributed by atoms with E-state index in [0.29, 0.717) is 29.4 Å². The van der Waals surface area contributed by atoms with Crippen LogP contribution in [0, 0.1) is 11.2 Å². The van der Waals surface area contributed by atoms with Gasteiger partial charge in [0.1, 0.15) is 18.2 Å². The van der Waals surface area contributed by atoms with Gasteiger partial charge < -0.3 is 19.1 Å². The third kappa shape index (κ3) is 7.64. The Kier molecular flexibility index (Phi) is 9.17. The van der Waals surface area contributed by atoms with Crippen LogP contribution in [0.1, 0.15) is 56.4 Å². The molecule has 3 atom stereocenters. The molecule has 3 unspecified atom stereocenters. The van der Waals surface area contributed by atoms with Crippen LogP contribution < -0.4 is 9.47 Å². The van der Waals surface area contributed by atoms with Gasteiger partial charge in [-0.2, -0.15) is 0 Å². The number of pyridine rings is 1. The summed E-state index contributed by atoms with van der Waals surface area (Å²) in [4.78, 5) is 13.7. The number of ether oxygens (including phenoxy) is 3. The molecule has 6 nitrogen and oxygen atoms in total. The van der Waals surface area contributed by atoms with Gasteiger partial charge in [-0.25, -0.2) is 9.37 Å². The molecule has 0 fully saturated rings. The van der Waals surface area contributed by atoms with Gasteiger partial charge in [-0.15, -0.1) is 0 Å². The highest BCUT2D eigenvalue weighted by molar-refractivity contribution is 7.57. The predicted molar refractivity (Wildman–Crippen MR) is 145 cm³/mol. The van der Waals surface area contributed by atoms with Crippen molar-refractivity contribution < 1.29 is 28.1 Å². The molecule has 0 saturated heterocycles. The van der Waals surface area contributed by atoms with Crippen LogP contribution >= 0.6 is 7.37 Å². The monoisotopic (exact) mass is 529 g/mol. The number of halogens is 1. The summed E-state index contributed by atoms with van der Waals surface area (Å²) in [6.45, 7) is 9.83. The molecule has 0 radical (unpaired) electrons. The smallest absolute Gasteiger partial charge is 0.213 e. The van der Waals surface area contributed by atoms with E-state index in [1.807, 2.05) is 49.4 Å². The summed E-state index contributed by atoms with van der Waals surface area (Å²) in [6.07, 6.45) is 1.06. The highest BCUT2D eigenvalue weighted by Crippen LogP contribution is 2.42. The average molecular weight is 530 g/mol. The van der Waals surface area contributed by atoms with Crippen molar-refractivity contribution >= 4 is 7.37 Å². The molecule has 0 spiro atoms. The lowest BCUT2D eigenvalue weighted by molar-refractivity contribution is 0.0155. The molecule has 0 saturated carbocycles. The second kappa shape index (κ2) is 11.8. The summed E-state index contributed by atoms with van der Waals surface area (Å²) in [5.74, 6) is 0.481. The fraction of sp³-hybridized carbons (Fsp3) is 0.414. The van der Waals surface area contributed by atoms with Crippen LogP contribution in [0.15, 0.2) is 54.7 Å².